The molecule has 122 valence electrons. The molecule has 2 rings (SSSR count). The zero-order valence-electron chi connectivity index (χ0n) is 13.6. The molecule has 4 nitrogen and oxygen atoms in total. The van der Waals surface area contributed by atoms with Gasteiger partial charge in [0.15, 0.2) is 0 Å². The highest BCUT2D eigenvalue weighted by Crippen LogP contribution is 2.17. The van der Waals surface area contributed by atoms with E-state index < -0.39 is 0 Å². The summed E-state index contributed by atoms with van der Waals surface area (Å²) in [6, 6.07) is 7.99. The van der Waals surface area contributed by atoms with Crippen LogP contribution in [0.5, 0.6) is 5.75 Å². The van der Waals surface area contributed by atoms with Crippen molar-refractivity contribution in [1.82, 2.24) is 5.32 Å². The Morgan fingerprint density at radius 2 is 1.73 bits per heavy atom. The van der Waals surface area contributed by atoms with Gasteiger partial charge in [-0.1, -0.05) is 32.1 Å². The van der Waals surface area contributed by atoms with Crippen LogP contribution in [0.25, 0.3) is 0 Å². The Morgan fingerprint density at radius 3 is 2.36 bits per heavy atom. The molecular weight excluding hydrogens is 276 g/mol. The molecule has 0 bridgehead atoms. The Balaban J connectivity index is 1.72. The number of anilines is 1. The summed E-state index contributed by atoms with van der Waals surface area (Å²) in [5, 5.41) is 6.33. The van der Waals surface area contributed by atoms with E-state index in [1.165, 1.54) is 44.9 Å². The predicted octanol–water partition coefficient (Wildman–Crippen LogP) is 3.73. The molecule has 0 radical (unpaired) electrons. The van der Waals surface area contributed by atoms with Crippen molar-refractivity contribution in [3.05, 3.63) is 24.3 Å². The van der Waals surface area contributed by atoms with Crippen molar-refractivity contribution < 1.29 is 9.53 Å². The first-order chi connectivity index (χ1) is 10.8. The number of amides is 1. The first-order valence-electron chi connectivity index (χ1n) is 8.54. The molecule has 1 aromatic rings. The first kappa shape index (κ1) is 16.8. The molecule has 2 N–H and O–H groups in total. The van der Waals surface area contributed by atoms with E-state index in [9.17, 15) is 4.79 Å². The largest absolute Gasteiger partial charge is 0.494 e. The molecule has 0 aromatic heterocycles. The lowest BCUT2D eigenvalue weighted by Gasteiger charge is -2.20. The van der Waals surface area contributed by atoms with Crippen LogP contribution in [0.2, 0.25) is 0 Å². The maximum absolute atomic E-state index is 12.0. The van der Waals surface area contributed by atoms with Crippen molar-refractivity contribution in [2.45, 2.75) is 57.9 Å². The lowest BCUT2D eigenvalue weighted by Crippen LogP contribution is -2.36. The average molecular weight is 304 g/mol. The zero-order valence-corrected chi connectivity index (χ0v) is 13.6. The average Bonchev–Trinajstić information content (AvgIpc) is 2.48. The van der Waals surface area contributed by atoms with Gasteiger partial charge in [-0.3, -0.25) is 4.79 Å². The van der Waals surface area contributed by atoms with Gasteiger partial charge < -0.3 is 15.4 Å². The molecule has 1 aliphatic rings. The van der Waals surface area contributed by atoms with Crippen LogP contribution in [0, 0.1) is 0 Å². The molecule has 1 aromatic carbocycles. The molecule has 4 heteroatoms. The molecule has 1 fully saturated rings. The van der Waals surface area contributed by atoms with Crippen LogP contribution >= 0.6 is 0 Å². The summed E-state index contributed by atoms with van der Waals surface area (Å²) in [4.78, 5) is 12.0. The number of hydrogen-bond donors (Lipinski definition) is 2. The molecule has 0 atom stereocenters. The molecular formula is C18H28N2O2. The molecule has 0 heterocycles. The van der Waals surface area contributed by atoms with E-state index in [1.807, 2.05) is 31.2 Å². The third-order valence-corrected chi connectivity index (χ3v) is 4.11. The highest BCUT2D eigenvalue weighted by Gasteiger charge is 2.12. The normalized spacial score (nSPS) is 16.6. The van der Waals surface area contributed by atoms with Crippen LogP contribution < -0.4 is 15.4 Å². The minimum Gasteiger partial charge on any atom is -0.494 e. The van der Waals surface area contributed by atoms with Crippen LogP contribution in [0.3, 0.4) is 0 Å². The number of rotatable bonds is 6. The Kier molecular flexibility index (Phi) is 7.23. The maximum Gasteiger partial charge on any atom is 0.238 e. The lowest BCUT2D eigenvalue weighted by molar-refractivity contribution is -0.115. The van der Waals surface area contributed by atoms with Crippen molar-refractivity contribution >= 4 is 11.6 Å². The van der Waals surface area contributed by atoms with E-state index in [-0.39, 0.29) is 5.91 Å². The van der Waals surface area contributed by atoms with E-state index in [2.05, 4.69) is 10.6 Å². The van der Waals surface area contributed by atoms with Crippen molar-refractivity contribution in [3.8, 4) is 5.75 Å². The third-order valence-electron chi connectivity index (χ3n) is 4.11. The molecule has 0 spiro atoms. The van der Waals surface area contributed by atoms with Crippen LogP contribution in [0.15, 0.2) is 24.3 Å². The standard InChI is InChI=1S/C18H28N2O2/c1-2-22-17-12-10-16(11-13-17)20-18(21)14-19-15-8-6-4-3-5-7-9-15/h10-13,15,19H,2-9,14H2,1H3,(H,20,21). The Morgan fingerprint density at radius 1 is 1.09 bits per heavy atom. The molecule has 0 aliphatic heterocycles. The van der Waals surface area contributed by atoms with Gasteiger partial charge in [0.25, 0.3) is 0 Å². The van der Waals surface area contributed by atoms with Gasteiger partial charge in [-0.15, -0.1) is 0 Å². The maximum atomic E-state index is 12.0. The fourth-order valence-corrected chi connectivity index (χ4v) is 2.90. The van der Waals surface area contributed by atoms with Gasteiger partial charge in [-0.05, 0) is 44.0 Å². The van der Waals surface area contributed by atoms with Crippen molar-refractivity contribution in [1.29, 1.82) is 0 Å². The smallest absolute Gasteiger partial charge is 0.238 e. The summed E-state index contributed by atoms with van der Waals surface area (Å²) in [6.45, 7) is 2.99. The Hall–Kier alpha value is -1.55. The van der Waals surface area contributed by atoms with Crippen LogP contribution in [0.4, 0.5) is 5.69 Å². The van der Waals surface area contributed by atoms with E-state index in [0.29, 0.717) is 19.2 Å². The van der Waals surface area contributed by atoms with Gasteiger partial charge in [0, 0.05) is 11.7 Å². The summed E-state index contributed by atoms with van der Waals surface area (Å²) < 4.78 is 5.39. The second-order valence-electron chi connectivity index (χ2n) is 5.93. The lowest BCUT2D eigenvalue weighted by atomic mass is 9.97. The fourth-order valence-electron chi connectivity index (χ4n) is 2.90. The van der Waals surface area contributed by atoms with Gasteiger partial charge in [0.05, 0.1) is 13.2 Å². The van der Waals surface area contributed by atoms with Crippen molar-refractivity contribution in [3.63, 3.8) is 0 Å². The van der Waals surface area contributed by atoms with Crippen LogP contribution in [-0.2, 0) is 4.79 Å². The zero-order chi connectivity index (χ0) is 15.6. The monoisotopic (exact) mass is 304 g/mol. The second kappa shape index (κ2) is 9.46. The van der Waals surface area contributed by atoms with Crippen molar-refractivity contribution in [2.24, 2.45) is 0 Å². The summed E-state index contributed by atoms with van der Waals surface area (Å²) in [5.41, 5.74) is 0.813. The minimum atomic E-state index is 0.0196. The predicted molar refractivity (Wildman–Crippen MR) is 90.4 cm³/mol. The summed E-state index contributed by atoms with van der Waals surface area (Å²) in [5.74, 6) is 0.847. The molecule has 0 saturated heterocycles. The quantitative estimate of drug-likeness (QED) is 0.842. The first-order valence-corrected chi connectivity index (χ1v) is 8.54. The summed E-state index contributed by atoms with van der Waals surface area (Å²) in [7, 11) is 0. The van der Waals surface area contributed by atoms with Crippen LogP contribution in [0.1, 0.15) is 51.9 Å². The number of benzene rings is 1. The Bertz CT molecular complexity index is 437. The van der Waals surface area contributed by atoms with Gasteiger partial charge >= 0.3 is 0 Å². The summed E-state index contributed by atoms with van der Waals surface area (Å²) in [6.07, 6.45) is 8.96. The van der Waals surface area contributed by atoms with Gasteiger partial charge in [-0.25, -0.2) is 0 Å². The van der Waals surface area contributed by atoms with E-state index in [1.54, 1.807) is 0 Å². The molecule has 22 heavy (non-hydrogen) atoms. The molecule has 1 saturated carbocycles. The molecule has 0 unspecified atom stereocenters. The number of hydrogen-bond acceptors (Lipinski definition) is 3. The Labute approximate surface area is 133 Å². The summed E-state index contributed by atoms with van der Waals surface area (Å²) >= 11 is 0. The number of carbonyl (C=O) groups is 1. The SMILES string of the molecule is CCOc1ccc(NC(=O)CNC2CCCCCCC2)cc1. The van der Waals surface area contributed by atoms with Crippen LogP contribution in [-0.4, -0.2) is 25.1 Å². The third kappa shape index (κ3) is 6.06. The fraction of sp³-hybridized carbons (Fsp3) is 0.611. The minimum absolute atomic E-state index is 0.0196. The van der Waals surface area contributed by atoms with Gasteiger partial charge in [-0.2, -0.15) is 0 Å². The molecule has 1 aliphatic carbocycles. The highest BCUT2D eigenvalue weighted by molar-refractivity contribution is 5.92. The number of carbonyl (C=O) groups excluding carboxylic acids is 1. The second-order valence-corrected chi connectivity index (χ2v) is 5.93. The van der Waals surface area contributed by atoms with Gasteiger partial charge in [0.2, 0.25) is 5.91 Å². The number of nitrogens with one attached hydrogen (secondary N) is 2. The highest BCUT2D eigenvalue weighted by atomic mass is 16.5. The van der Waals surface area contributed by atoms with Gasteiger partial charge in [0.1, 0.15) is 5.75 Å². The van der Waals surface area contributed by atoms with Crippen molar-refractivity contribution in [2.75, 3.05) is 18.5 Å². The van der Waals surface area contributed by atoms with E-state index in [4.69, 9.17) is 4.74 Å². The number of ether oxygens (including phenoxy) is 1. The van der Waals surface area contributed by atoms with E-state index in [0.717, 1.165) is 11.4 Å². The molecule has 1 amide bonds. The van der Waals surface area contributed by atoms with E-state index >= 15 is 0 Å². The topological polar surface area (TPSA) is 50.4 Å².